The molecular formula is C79H84N8O8P2. The Balaban J connectivity index is 0.990. The summed E-state index contributed by atoms with van der Waals surface area (Å²) < 4.78 is 5.92. The maximum atomic E-state index is 15.3. The average molecular weight is 1340 g/mol. The van der Waals surface area contributed by atoms with Crippen LogP contribution in [-0.2, 0) is 54.6 Å². The van der Waals surface area contributed by atoms with Gasteiger partial charge in [0, 0.05) is 55.3 Å². The van der Waals surface area contributed by atoms with Crippen molar-refractivity contribution >= 4 is 78.5 Å². The van der Waals surface area contributed by atoms with Gasteiger partial charge < -0.3 is 37.1 Å². The first-order valence-corrected chi connectivity index (χ1v) is 35.6. The van der Waals surface area contributed by atoms with Crippen LogP contribution in [0.2, 0.25) is 0 Å². The Hall–Kier alpha value is -9.95. The molecule has 9 aromatic carbocycles. The molecule has 0 aromatic heterocycles. The molecule has 16 nitrogen and oxygen atoms in total. The molecule has 0 aliphatic heterocycles. The van der Waals surface area contributed by atoms with Gasteiger partial charge in [-0.3, -0.25) is 38.6 Å². The number of nitrogens with one attached hydrogen (secondary N) is 5. The van der Waals surface area contributed by atoms with Gasteiger partial charge >= 0.3 is 5.97 Å². The van der Waals surface area contributed by atoms with Crippen LogP contribution in [0.1, 0.15) is 63.7 Å². The zero-order valence-electron chi connectivity index (χ0n) is 54.9. The Labute approximate surface area is 571 Å². The molecule has 9 aromatic rings. The van der Waals surface area contributed by atoms with E-state index in [-0.39, 0.29) is 43.5 Å². The molecule has 0 saturated heterocycles. The highest BCUT2D eigenvalue weighted by Crippen LogP contribution is 2.37. The number of ether oxygens (including phenoxy) is 1. The minimum absolute atomic E-state index is 0.116. The number of carbonyl (C=O) groups is 7. The average Bonchev–Trinajstić information content (AvgIpc) is 1.01. The predicted octanol–water partition coefficient (Wildman–Crippen LogP) is 8.51. The summed E-state index contributed by atoms with van der Waals surface area (Å²) in [6.45, 7) is 5.32. The summed E-state index contributed by atoms with van der Waals surface area (Å²) >= 11 is 0. The molecule has 0 unspecified atom stereocenters. The number of primary amides is 1. The lowest BCUT2D eigenvalue weighted by molar-refractivity contribution is -0.149. The number of rotatable bonds is 34. The minimum Gasteiger partial charge on any atom is -0.459 e. The molecule has 0 aliphatic rings. The number of hydrogen-bond donors (Lipinski definition) is 6. The van der Waals surface area contributed by atoms with Gasteiger partial charge in [0.15, 0.2) is 0 Å². The van der Waals surface area contributed by atoms with Gasteiger partial charge in [-0.25, -0.2) is 4.79 Å². The molecule has 0 heterocycles. The molecule has 0 bridgehead atoms. The number of hydrogen-bond acceptors (Lipinski definition) is 10. The molecule has 7 N–H and O–H groups in total. The smallest absolute Gasteiger partial charge is 0.329 e. The second kappa shape index (κ2) is 36.8. The zero-order valence-corrected chi connectivity index (χ0v) is 56.7. The normalized spacial score (nSPS) is 13.1. The van der Waals surface area contributed by atoms with Crippen LogP contribution >= 0.6 is 15.8 Å². The van der Waals surface area contributed by atoms with Crippen LogP contribution in [0.5, 0.6) is 0 Å². The van der Waals surface area contributed by atoms with E-state index in [9.17, 15) is 19.2 Å². The molecule has 0 saturated carbocycles. The van der Waals surface area contributed by atoms with Crippen LogP contribution in [0.4, 0.5) is 0 Å². The van der Waals surface area contributed by atoms with Crippen molar-refractivity contribution in [1.29, 1.82) is 0 Å². The lowest BCUT2D eigenvalue weighted by Gasteiger charge is -2.36. The van der Waals surface area contributed by atoms with E-state index in [1.807, 2.05) is 189 Å². The standard InChI is InChI=1S/C79H84N8O8P2/c1-57(82-75(90)58(2)86(55-96(68-36-20-8-21-37-68)69-38-22-9-23-39-69)53-67(49-61-30-14-5-15-31-61)84-78(93)64-34-18-7-19-35-64)74(89)83-66(48-60-28-12-4-13-29-60)52-87(56-97(70-40-24-10-25-41-70)71-42-26-11-27-43-71)59(3)76(91)85-72(50-62-32-16-6-17-33-62)79(94)95-54-63-44-46-65(47-45-63)77(92)81-51-73(80)88/h4-47,57-59,66-67,72H,48-56H2,1-3H3,(H2,80,88)(H,81,92)(H,82,90)(H,83,89)(H,84,93)(H,85,91)/t57-,58-,59-,66-,67-,72-/m0/s1. The molecule has 97 heavy (non-hydrogen) atoms. The van der Waals surface area contributed by atoms with Gasteiger partial charge in [-0.15, -0.1) is 0 Å². The molecule has 498 valence electrons. The summed E-state index contributed by atoms with van der Waals surface area (Å²) in [6, 6.07) is 80.5. The monoisotopic (exact) mass is 1330 g/mol. The van der Waals surface area contributed by atoms with Gasteiger partial charge in [0.1, 0.15) is 18.7 Å². The highest BCUT2D eigenvalue weighted by atomic mass is 31.1. The predicted molar refractivity (Wildman–Crippen MR) is 388 cm³/mol. The third kappa shape index (κ3) is 22.0. The van der Waals surface area contributed by atoms with E-state index in [0.717, 1.165) is 37.9 Å². The topological polar surface area (TPSA) is 221 Å². The summed E-state index contributed by atoms with van der Waals surface area (Å²) in [5, 5.41) is 19.7. The van der Waals surface area contributed by atoms with Crippen molar-refractivity contribution in [3.63, 3.8) is 0 Å². The van der Waals surface area contributed by atoms with Crippen molar-refractivity contribution in [1.82, 2.24) is 36.4 Å². The van der Waals surface area contributed by atoms with Crippen molar-refractivity contribution in [2.45, 2.75) is 82.9 Å². The maximum Gasteiger partial charge on any atom is 0.329 e. The van der Waals surface area contributed by atoms with Crippen LogP contribution in [0.25, 0.3) is 0 Å². The summed E-state index contributed by atoms with van der Waals surface area (Å²) in [4.78, 5) is 102. The number of amides is 6. The highest BCUT2D eigenvalue weighted by molar-refractivity contribution is 7.73. The molecule has 9 rings (SSSR count). The van der Waals surface area contributed by atoms with E-state index in [2.05, 4.69) is 84.9 Å². The third-order valence-electron chi connectivity index (χ3n) is 16.7. The lowest BCUT2D eigenvalue weighted by Crippen LogP contribution is -2.58. The van der Waals surface area contributed by atoms with Gasteiger partial charge in [0.2, 0.25) is 23.6 Å². The van der Waals surface area contributed by atoms with Crippen molar-refractivity contribution < 1.29 is 38.3 Å². The van der Waals surface area contributed by atoms with Gasteiger partial charge in [-0.05, 0) is 117 Å². The van der Waals surface area contributed by atoms with Crippen LogP contribution < -0.4 is 53.5 Å². The molecule has 0 radical (unpaired) electrons. The fraction of sp³-hybridized carbons (Fsp3) is 0.228. The molecular weight excluding hydrogens is 1250 g/mol. The minimum atomic E-state index is -1.17. The first kappa shape index (κ1) is 71.3. The first-order chi connectivity index (χ1) is 47.1. The molecule has 6 atom stereocenters. The van der Waals surface area contributed by atoms with E-state index in [1.54, 1.807) is 50.2 Å². The Morgan fingerprint density at radius 3 is 1.16 bits per heavy atom. The van der Waals surface area contributed by atoms with Gasteiger partial charge in [-0.2, -0.15) is 0 Å². The van der Waals surface area contributed by atoms with E-state index in [0.29, 0.717) is 43.1 Å². The van der Waals surface area contributed by atoms with Gasteiger partial charge in [0.05, 0.1) is 18.6 Å². The van der Waals surface area contributed by atoms with E-state index >= 15 is 14.4 Å². The van der Waals surface area contributed by atoms with Gasteiger partial charge in [-0.1, -0.05) is 243 Å². The zero-order chi connectivity index (χ0) is 68.3. The fourth-order valence-corrected chi connectivity index (χ4v) is 16.1. The number of carbonyl (C=O) groups excluding carboxylic acids is 7. The second-order valence-electron chi connectivity index (χ2n) is 23.9. The van der Waals surface area contributed by atoms with Crippen molar-refractivity contribution in [3.8, 4) is 0 Å². The third-order valence-corrected chi connectivity index (χ3v) is 21.7. The number of esters is 1. The summed E-state index contributed by atoms with van der Waals surface area (Å²) in [7, 11) is -2.26. The number of nitrogens with two attached hydrogens (primary N) is 1. The number of benzene rings is 9. The van der Waals surface area contributed by atoms with E-state index < -0.39 is 81.7 Å². The van der Waals surface area contributed by atoms with E-state index in [1.165, 1.54) is 0 Å². The first-order valence-electron chi connectivity index (χ1n) is 32.6. The Morgan fingerprint density at radius 2 is 0.753 bits per heavy atom. The molecule has 0 spiro atoms. The van der Waals surface area contributed by atoms with Crippen molar-refractivity contribution in [2.24, 2.45) is 5.73 Å². The Kier molecular flexibility index (Phi) is 27.1. The largest absolute Gasteiger partial charge is 0.459 e. The number of nitrogens with zero attached hydrogens (tertiary/aromatic N) is 2. The second-order valence-corrected chi connectivity index (χ2v) is 28.3. The summed E-state index contributed by atoms with van der Waals surface area (Å²) in [6.07, 6.45) is 1.78. The quantitative estimate of drug-likeness (QED) is 0.0167. The van der Waals surface area contributed by atoms with Crippen LogP contribution in [0, 0.1) is 0 Å². The maximum absolute atomic E-state index is 15.3. The lowest BCUT2D eigenvalue weighted by atomic mass is 10.0. The SMILES string of the molecule is C[C@H](NC(=O)[C@H](C)N(C[C@H](Cc1ccccc1)NC(=O)c1ccccc1)CP(c1ccccc1)c1ccccc1)C(=O)N[C@@H](Cc1ccccc1)CN(CP(c1ccccc1)c1ccccc1)[C@@H](C)C(=O)N[C@@H](Cc1ccccc1)C(=O)OCc1ccc(C(=O)NCC(N)=O)cc1. The Morgan fingerprint density at radius 1 is 0.392 bits per heavy atom. The molecule has 18 heteroatoms. The molecule has 0 aliphatic carbocycles. The fourth-order valence-electron chi connectivity index (χ4n) is 11.3. The van der Waals surface area contributed by atoms with Crippen LogP contribution in [0.3, 0.4) is 0 Å². The van der Waals surface area contributed by atoms with E-state index in [4.69, 9.17) is 10.5 Å². The Bertz CT molecular complexity index is 3870. The molecule has 6 amide bonds. The van der Waals surface area contributed by atoms with Crippen LogP contribution in [-0.4, -0.2) is 120 Å². The summed E-state index contributed by atoms with van der Waals surface area (Å²) in [5.74, 6) is -3.32. The van der Waals surface area contributed by atoms with Gasteiger partial charge in [0.25, 0.3) is 11.8 Å². The molecule has 0 fully saturated rings. The van der Waals surface area contributed by atoms with Crippen molar-refractivity contribution in [3.05, 3.63) is 300 Å². The summed E-state index contributed by atoms with van der Waals surface area (Å²) in [5.41, 5.74) is 9.34. The van der Waals surface area contributed by atoms with Crippen molar-refractivity contribution in [2.75, 3.05) is 32.2 Å². The van der Waals surface area contributed by atoms with Crippen LogP contribution in [0.15, 0.2) is 267 Å². The highest BCUT2D eigenvalue weighted by Gasteiger charge is 2.35.